The lowest BCUT2D eigenvalue weighted by molar-refractivity contribution is 0.0383. The zero-order valence-corrected chi connectivity index (χ0v) is 19.6. The lowest BCUT2D eigenvalue weighted by atomic mass is 10.2. The summed E-state index contributed by atoms with van der Waals surface area (Å²) in [6.45, 7) is 4.66. The van der Waals surface area contributed by atoms with E-state index in [1.165, 1.54) is 4.68 Å². The molecule has 0 atom stereocenters. The van der Waals surface area contributed by atoms with Crippen LogP contribution in [0.15, 0.2) is 60.9 Å². The molecule has 5 rings (SSSR count). The second-order valence-corrected chi connectivity index (χ2v) is 8.33. The van der Waals surface area contributed by atoms with Crippen molar-refractivity contribution < 1.29 is 9.53 Å². The van der Waals surface area contributed by atoms with Crippen LogP contribution in [0.25, 0.3) is 11.4 Å². The van der Waals surface area contributed by atoms with E-state index >= 15 is 0 Å². The van der Waals surface area contributed by atoms with E-state index < -0.39 is 0 Å². The number of benzene rings is 2. The minimum absolute atomic E-state index is 0.121. The second-order valence-electron chi connectivity index (χ2n) is 7.92. The second kappa shape index (κ2) is 10.6. The zero-order chi connectivity index (χ0) is 24.0. The van der Waals surface area contributed by atoms with Crippen LogP contribution in [0.4, 0.5) is 11.6 Å². The number of carbonyl (C=O) groups is 1. The molecule has 2 N–H and O–H groups in total. The summed E-state index contributed by atoms with van der Waals surface area (Å²) in [4.78, 5) is 14.9. The minimum Gasteiger partial charge on any atom is -0.379 e. The first-order valence-electron chi connectivity index (χ1n) is 11.2. The molecular formula is C23H24ClN9O2. The van der Waals surface area contributed by atoms with Crippen molar-refractivity contribution in [3.05, 3.63) is 71.5 Å². The van der Waals surface area contributed by atoms with Crippen LogP contribution in [-0.2, 0) is 4.74 Å². The summed E-state index contributed by atoms with van der Waals surface area (Å²) in [5, 5.41) is 22.9. The Morgan fingerprint density at radius 1 is 1.11 bits per heavy atom. The van der Waals surface area contributed by atoms with E-state index in [1.807, 2.05) is 30.3 Å². The fraction of sp³-hybridized carbons (Fsp3) is 0.261. The quantitative estimate of drug-likeness (QED) is 0.384. The van der Waals surface area contributed by atoms with Gasteiger partial charge >= 0.3 is 0 Å². The Morgan fingerprint density at radius 2 is 1.97 bits per heavy atom. The third kappa shape index (κ3) is 5.48. The van der Waals surface area contributed by atoms with Gasteiger partial charge in [-0.3, -0.25) is 9.69 Å². The highest BCUT2D eigenvalue weighted by atomic mass is 35.5. The van der Waals surface area contributed by atoms with Gasteiger partial charge in [0.2, 0.25) is 0 Å². The monoisotopic (exact) mass is 493 g/mol. The summed E-state index contributed by atoms with van der Waals surface area (Å²) >= 11 is 6.29. The largest absolute Gasteiger partial charge is 0.379 e. The molecule has 1 amide bonds. The number of ether oxygens (including phenoxy) is 1. The molecule has 1 fully saturated rings. The van der Waals surface area contributed by atoms with Gasteiger partial charge in [0.05, 0.1) is 47.7 Å². The molecular weight excluding hydrogens is 470 g/mol. The molecule has 4 aromatic rings. The van der Waals surface area contributed by atoms with Crippen molar-refractivity contribution in [1.82, 2.24) is 40.2 Å². The highest BCUT2D eigenvalue weighted by molar-refractivity contribution is 6.32. The van der Waals surface area contributed by atoms with Crippen LogP contribution in [0.5, 0.6) is 0 Å². The first kappa shape index (κ1) is 23.0. The first-order chi connectivity index (χ1) is 17.2. The number of hydrogen-bond donors (Lipinski definition) is 2. The van der Waals surface area contributed by atoms with Crippen molar-refractivity contribution in [1.29, 1.82) is 0 Å². The molecule has 1 aliphatic heterocycles. The zero-order valence-electron chi connectivity index (χ0n) is 18.8. The van der Waals surface area contributed by atoms with Crippen molar-refractivity contribution >= 4 is 29.1 Å². The van der Waals surface area contributed by atoms with Crippen molar-refractivity contribution in [2.45, 2.75) is 0 Å². The summed E-state index contributed by atoms with van der Waals surface area (Å²) in [5.41, 5.74) is 2.65. The predicted octanol–water partition coefficient (Wildman–Crippen LogP) is 2.31. The van der Waals surface area contributed by atoms with Gasteiger partial charge in [-0.25, -0.2) is 4.68 Å². The normalized spacial score (nSPS) is 14.1. The molecule has 1 aliphatic rings. The summed E-state index contributed by atoms with van der Waals surface area (Å²) in [5.74, 6) is 0.274. The molecule has 1 saturated heterocycles. The van der Waals surface area contributed by atoms with Crippen LogP contribution in [0.2, 0.25) is 5.02 Å². The van der Waals surface area contributed by atoms with E-state index in [1.54, 1.807) is 35.3 Å². The van der Waals surface area contributed by atoms with Gasteiger partial charge in [0, 0.05) is 31.7 Å². The van der Waals surface area contributed by atoms with Gasteiger partial charge < -0.3 is 15.4 Å². The van der Waals surface area contributed by atoms with E-state index in [0.29, 0.717) is 34.5 Å². The van der Waals surface area contributed by atoms with Crippen LogP contribution in [0, 0.1) is 0 Å². The molecule has 0 unspecified atom stereocenters. The molecule has 0 spiro atoms. The van der Waals surface area contributed by atoms with Crippen molar-refractivity contribution in [2.75, 3.05) is 44.7 Å². The van der Waals surface area contributed by atoms with Crippen molar-refractivity contribution in [3.63, 3.8) is 0 Å². The van der Waals surface area contributed by atoms with Crippen molar-refractivity contribution in [2.24, 2.45) is 0 Å². The maximum Gasteiger partial charge on any atom is 0.252 e. The first-order valence-corrected chi connectivity index (χ1v) is 11.6. The Labute approximate surface area is 206 Å². The fourth-order valence-corrected chi connectivity index (χ4v) is 3.97. The van der Waals surface area contributed by atoms with Crippen LogP contribution >= 0.6 is 11.6 Å². The summed E-state index contributed by atoms with van der Waals surface area (Å²) in [6, 6.07) is 14.6. The molecule has 0 radical (unpaired) electrons. The highest BCUT2D eigenvalue weighted by Gasteiger charge is 2.14. The molecule has 180 valence electrons. The number of carbonyl (C=O) groups excluding carboxylic acids is 1. The van der Waals surface area contributed by atoms with E-state index in [9.17, 15) is 4.79 Å². The molecule has 0 bridgehead atoms. The van der Waals surface area contributed by atoms with Crippen LogP contribution in [0.3, 0.4) is 0 Å². The smallest absolute Gasteiger partial charge is 0.252 e. The summed E-state index contributed by atoms with van der Waals surface area (Å²) in [6.07, 6.45) is 3.45. The van der Waals surface area contributed by atoms with Crippen molar-refractivity contribution in [3.8, 4) is 11.4 Å². The van der Waals surface area contributed by atoms with E-state index in [0.717, 1.165) is 38.5 Å². The number of morpholine rings is 1. The van der Waals surface area contributed by atoms with Gasteiger partial charge in [0.15, 0.2) is 0 Å². The lowest BCUT2D eigenvalue weighted by Gasteiger charge is -2.26. The molecule has 2 aromatic carbocycles. The number of aromatic nitrogens is 6. The molecule has 11 nitrogen and oxygen atoms in total. The maximum absolute atomic E-state index is 12.7. The van der Waals surface area contributed by atoms with Crippen LogP contribution in [0.1, 0.15) is 10.4 Å². The third-order valence-corrected chi connectivity index (χ3v) is 5.90. The van der Waals surface area contributed by atoms with Gasteiger partial charge in [-0.15, -0.1) is 0 Å². The molecule has 3 heterocycles. The average molecular weight is 494 g/mol. The summed E-state index contributed by atoms with van der Waals surface area (Å²) in [7, 11) is 0. The number of halogens is 1. The topological polar surface area (TPSA) is 115 Å². The number of tetrazole rings is 1. The van der Waals surface area contributed by atoms with Gasteiger partial charge in [-0.2, -0.15) is 9.78 Å². The number of amides is 1. The number of anilines is 2. The highest BCUT2D eigenvalue weighted by Crippen LogP contribution is 2.23. The minimum atomic E-state index is -0.121. The molecule has 0 aliphatic carbocycles. The third-order valence-electron chi connectivity index (χ3n) is 5.58. The molecule has 0 saturated carbocycles. The SMILES string of the molecule is O=C(NCCN1CCOCC1)c1cccc(-n2cc(Nc3nnnn3-c3ccccc3Cl)cn2)c1. The standard InChI is InChI=1S/C23H24ClN9O2/c24-20-6-1-2-7-21(20)33-23(28-29-30-33)27-18-15-26-32(16-18)19-5-3-4-17(14-19)22(34)25-8-9-31-10-12-35-13-11-31/h1-7,14-16H,8-13H2,(H,25,34)(H,27,28,30). The maximum atomic E-state index is 12.7. The molecule has 2 aromatic heterocycles. The van der Waals surface area contributed by atoms with Gasteiger partial charge in [0.1, 0.15) is 0 Å². The Hall–Kier alpha value is -3.80. The average Bonchev–Trinajstić information content (AvgIpc) is 3.55. The Bertz CT molecular complexity index is 1300. The fourth-order valence-electron chi connectivity index (χ4n) is 3.75. The summed E-state index contributed by atoms with van der Waals surface area (Å²) < 4.78 is 8.55. The Kier molecular flexibility index (Phi) is 6.98. The number of nitrogens with zero attached hydrogens (tertiary/aromatic N) is 7. The lowest BCUT2D eigenvalue weighted by Crippen LogP contribution is -2.41. The van der Waals surface area contributed by atoms with Gasteiger partial charge in [0.25, 0.3) is 11.9 Å². The Morgan fingerprint density at radius 3 is 2.83 bits per heavy atom. The number of para-hydroxylation sites is 1. The predicted molar refractivity (Wildman–Crippen MR) is 131 cm³/mol. The van der Waals surface area contributed by atoms with Gasteiger partial charge in [-0.1, -0.05) is 34.9 Å². The van der Waals surface area contributed by atoms with E-state index in [2.05, 4.69) is 36.2 Å². The number of rotatable bonds is 8. The molecule has 12 heteroatoms. The number of hydrogen-bond acceptors (Lipinski definition) is 8. The van der Waals surface area contributed by atoms with E-state index in [-0.39, 0.29) is 5.91 Å². The Balaban J connectivity index is 1.24. The number of nitrogens with one attached hydrogen (secondary N) is 2. The van der Waals surface area contributed by atoms with E-state index in [4.69, 9.17) is 16.3 Å². The molecule has 35 heavy (non-hydrogen) atoms. The van der Waals surface area contributed by atoms with Crippen LogP contribution < -0.4 is 10.6 Å². The van der Waals surface area contributed by atoms with Gasteiger partial charge in [-0.05, 0) is 40.8 Å². The van der Waals surface area contributed by atoms with Crippen LogP contribution in [-0.4, -0.2) is 80.2 Å².